The molecule has 0 fully saturated rings. The maximum absolute atomic E-state index is 14.3. The van der Waals surface area contributed by atoms with Gasteiger partial charge in [-0.2, -0.15) is 0 Å². The van der Waals surface area contributed by atoms with Crippen LogP contribution in [0.5, 0.6) is 0 Å². The van der Waals surface area contributed by atoms with E-state index in [9.17, 15) is 9.18 Å². The van der Waals surface area contributed by atoms with Crippen molar-refractivity contribution in [1.29, 1.82) is 0 Å². The molecule has 0 saturated carbocycles. The van der Waals surface area contributed by atoms with Crippen LogP contribution in [0.25, 0.3) is 0 Å². The van der Waals surface area contributed by atoms with E-state index in [-0.39, 0.29) is 24.1 Å². The number of hydrogen-bond donors (Lipinski definition) is 1. The van der Waals surface area contributed by atoms with Crippen molar-refractivity contribution in [2.75, 3.05) is 0 Å². The molecule has 3 rings (SSSR count). The highest BCUT2D eigenvalue weighted by Crippen LogP contribution is 2.29. The lowest BCUT2D eigenvalue weighted by atomic mass is 9.88. The normalized spacial score (nSPS) is 11.7. The largest absolute Gasteiger partial charge is 0.350 e. The van der Waals surface area contributed by atoms with E-state index in [4.69, 9.17) is 0 Å². The first-order chi connectivity index (χ1) is 12.2. The molecule has 1 unspecified atom stereocenters. The van der Waals surface area contributed by atoms with Gasteiger partial charge in [-0.05, 0) is 23.3 Å². The monoisotopic (exact) mass is 335 g/mol. The number of carbonyl (C=O) groups excluding carboxylic acids is 1. The van der Waals surface area contributed by atoms with Crippen LogP contribution in [0.15, 0.2) is 73.2 Å². The van der Waals surface area contributed by atoms with E-state index < -0.39 is 0 Å². The van der Waals surface area contributed by atoms with Crippen molar-refractivity contribution in [2.45, 2.75) is 18.9 Å². The molecule has 0 aliphatic rings. The zero-order valence-electron chi connectivity index (χ0n) is 13.6. The molecule has 1 atom stereocenters. The van der Waals surface area contributed by atoms with Gasteiger partial charge in [0.2, 0.25) is 5.91 Å². The van der Waals surface area contributed by atoms with E-state index in [1.807, 2.05) is 30.3 Å². The third-order valence-corrected chi connectivity index (χ3v) is 3.98. The standard InChI is InChI=1S/C20H18FN3O/c21-19-9-5-4-8-17(19)18(15-6-2-1-3-7-15)12-20(25)23-13-16-10-11-22-14-24-16/h1-11,14,18H,12-13H2,(H,23,25). The first-order valence-corrected chi connectivity index (χ1v) is 8.05. The Bertz CT molecular complexity index is 825. The van der Waals surface area contributed by atoms with Crippen molar-refractivity contribution in [3.05, 3.63) is 95.8 Å². The summed E-state index contributed by atoms with van der Waals surface area (Å²) in [6, 6.07) is 17.8. The number of amides is 1. The predicted molar refractivity (Wildman–Crippen MR) is 93.2 cm³/mol. The van der Waals surface area contributed by atoms with Crippen LogP contribution >= 0.6 is 0 Å². The van der Waals surface area contributed by atoms with Crippen LogP contribution in [0.2, 0.25) is 0 Å². The van der Waals surface area contributed by atoms with Gasteiger partial charge in [0.1, 0.15) is 12.1 Å². The van der Waals surface area contributed by atoms with E-state index in [0.717, 1.165) is 11.3 Å². The second-order valence-corrected chi connectivity index (χ2v) is 5.67. The minimum Gasteiger partial charge on any atom is -0.350 e. The molecular formula is C20H18FN3O. The quantitative estimate of drug-likeness (QED) is 0.750. The highest BCUT2D eigenvalue weighted by atomic mass is 19.1. The second kappa shape index (κ2) is 8.15. The fourth-order valence-electron chi connectivity index (χ4n) is 2.72. The second-order valence-electron chi connectivity index (χ2n) is 5.67. The summed E-state index contributed by atoms with van der Waals surface area (Å²) in [6.07, 6.45) is 3.23. The maximum atomic E-state index is 14.3. The number of nitrogens with zero attached hydrogens (tertiary/aromatic N) is 2. The van der Waals surface area contributed by atoms with Gasteiger partial charge in [-0.15, -0.1) is 0 Å². The van der Waals surface area contributed by atoms with Crippen LogP contribution in [-0.4, -0.2) is 15.9 Å². The fourth-order valence-corrected chi connectivity index (χ4v) is 2.72. The van der Waals surface area contributed by atoms with Gasteiger partial charge in [0.15, 0.2) is 0 Å². The predicted octanol–water partition coefficient (Wildman–Crippen LogP) is 3.45. The summed E-state index contributed by atoms with van der Waals surface area (Å²) in [5.41, 5.74) is 2.15. The minimum atomic E-state index is -0.340. The first kappa shape index (κ1) is 16.8. The van der Waals surface area contributed by atoms with E-state index in [1.165, 1.54) is 12.4 Å². The van der Waals surface area contributed by atoms with Crippen molar-refractivity contribution in [3.8, 4) is 0 Å². The lowest BCUT2D eigenvalue weighted by molar-refractivity contribution is -0.121. The first-order valence-electron chi connectivity index (χ1n) is 8.05. The Hall–Kier alpha value is -3.08. The Kier molecular flexibility index (Phi) is 5.46. The average molecular weight is 335 g/mol. The molecule has 0 aliphatic carbocycles. The van der Waals surface area contributed by atoms with Crippen molar-refractivity contribution < 1.29 is 9.18 Å². The number of benzene rings is 2. The number of carbonyl (C=O) groups is 1. The Balaban J connectivity index is 1.76. The van der Waals surface area contributed by atoms with Crippen LogP contribution < -0.4 is 5.32 Å². The molecule has 0 radical (unpaired) electrons. The molecular weight excluding hydrogens is 317 g/mol. The zero-order chi connectivity index (χ0) is 17.5. The lowest BCUT2D eigenvalue weighted by Crippen LogP contribution is -2.25. The number of halogens is 1. The smallest absolute Gasteiger partial charge is 0.221 e. The van der Waals surface area contributed by atoms with Gasteiger partial charge in [0.25, 0.3) is 0 Å². The average Bonchev–Trinajstić information content (AvgIpc) is 2.67. The lowest BCUT2D eigenvalue weighted by Gasteiger charge is -2.18. The molecule has 2 aromatic carbocycles. The third kappa shape index (κ3) is 4.47. The molecule has 5 heteroatoms. The molecule has 1 amide bonds. The van der Waals surface area contributed by atoms with Gasteiger partial charge in [0, 0.05) is 18.5 Å². The highest BCUT2D eigenvalue weighted by molar-refractivity contribution is 5.77. The van der Waals surface area contributed by atoms with Gasteiger partial charge in [-0.1, -0.05) is 48.5 Å². The van der Waals surface area contributed by atoms with Crippen molar-refractivity contribution in [1.82, 2.24) is 15.3 Å². The Morgan fingerprint density at radius 3 is 2.52 bits per heavy atom. The van der Waals surface area contributed by atoms with E-state index in [1.54, 1.807) is 30.5 Å². The zero-order valence-corrected chi connectivity index (χ0v) is 13.6. The Morgan fingerprint density at radius 1 is 1.04 bits per heavy atom. The minimum absolute atomic E-state index is 0.157. The molecule has 0 aliphatic heterocycles. The SMILES string of the molecule is O=C(CC(c1ccccc1)c1ccccc1F)NCc1ccncn1. The van der Waals surface area contributed by atoms with Gasteiger partial charge in [-0.3, -0.25) is 4.79 Å². The summed E-state index contributed by atoms with van der Waals surface area (Å²) >= 11 is 0. The molecule has 0 saturated heterocycles. The van der Waals surface area contributed by atoms with Gasteiger partial charge in [0.05, 0.1) is 12.2 Å². The molecule has 3 aromatic rings. The van der Waals surface area contributed by atoms with Crippen molar-refractivity contribution in [2.24, 2.45) is 0 Å². The Labute approximate surface area is 145 Å². The molecule has 0 bridgehead atoms. The number of hydrogen-bond acceptors (Lipinski definition) is 3. The van der Waals surface area contributed by atoms with E-state index >= 15 is 0 Å². The summed E-state index contributed by atoms with van der Waals surface area (Å²) in [5.74, 6) is -0.802. The summed E-state index contributed by atoms with van der Waals surface area (Å²) in [6.45, 7) is 0.320. The van der Waals surface area contributed by atoms with Gasteiger partial charge >= 0.3 is 0 Å². The molecule has 25 heavy (non-hydrogen) atoms. The van der Waals surface area contributed by atoms with Gasteiger partial charge < -0.3 is 5.32 Å². The molecule has 1 aromatic heterocycles. The summed E-state index contributed by atoms with van der Waals surface area (Å²) in [7, 11) is 0. The summed E-state index contributed by atoms with van der Waals surface area (Å²) in [5, 5.41) is 2.84. The molecule has 1 N–H and O–H groups in total. The summed E-state index contributed by atoms with van der Waals surface area (Å²) in [4.78, 5) is 20.3. The van der Waals surface area contributed by atoms with E-state index in [2.05, 4.69) is 15.3 Å². The topological polar surface area (TPSA) is 54.9 Å². The highest BCUT2D eigenvalue weighted by Gasteiger charge is 2.21. The molecule has 4 nitrogen and oxygen atoms in total. The number of rotatable bonds is 6. The van der Waals surface area contributed by atoms with Crippen LogP contribution in [0.4, 0.5) is 4.39 Å². The maximum Gasteiger partial charge on any atom is 0.221 e. The van der Waals surface area contributed by atoms with Crippen molar-refractivity contribution in [3.63, 3.8) is 0 Å². The molecule has 0 spiro atoms. The molecule has 126 valence electrons. The third-order valence-electron chi connectivity index (χ3n) is 3.98. The summed E-state index contributed by atoms with van der Waals surface area (Å²) < 4.78 is 14.3. The van der Waals surface area contributed by atoms with Crippen LogP contribution in [-0.2, 0) is 11.3 Å². The van der Waals surface area contributed by atoms with Crippen LogP contribution in [0.1, 0.15) is 29.2 Å². The number of aromatic nitrogens is 2. The van der Waals surface area contributed by atoms with E-state index in [0.29, 0.717) is 12.1 Å². The van der Waals surface area contributed by atoms with Crippen molar-refractivity contribution >= 4 is 5.91 Å². The molecule has 1 heterocycles. The fraction of sp³-hybridized carbons (Fsp3) is 0.150. The number of nitrogens with one attached hydrogen (secondary N) is 1. The van der Waals surface area contributed by atoms with Crippen LogP contribution in [0.3, 0.4) is 0 Å². The van der Waals surface area contributed by atoms with Gasteiger partial charge in [-0.25, -0.2) is 14.4 Å². The van der Waals surface area contributed by atoms with Crippen LogP contribution in [0, 0.1) is 5.82 Å². The Morgan fingerprint density at radius 2 is 1.80 bits per heavy atom.